The van der Waals surface area contributed by atoms with E-state index >= 15 is 0 Å². The Morgan fingerprint density at radius 3 is 3.07 bits per heavy atom. The minimum atomic E-state index is 1.01. The molecule has 0 spiro atoms. The van der Waals surface area contributed by atoms with Gasteiger partial charge in [0.25, 0.3) is 0 Å². The van der Waals surface area contributed by atoms with Crippen LogP contribution >= 0.6 is 0 Å². The summed E-state index contributed by atoms with van der Waals surface area (Å²) < 4.78 is 1.87. The first-order chi connectivity index (χ1) is 6.81. The van der Waals surface area contributed by atoms with E-state index in [4.69, 9.17) is 0 Å². The standard InChI is InChI=1S/C11H15N3/c1-12-7-6-9-4-3-5-11-10(9)8-14(2)13-11/h3-5,8,12H,6-7H2,1-2H3. The van der Waals surface area contributed by atoms with Crippen LogP contribution in [0, 0.1) is 0 Å². The molecule has 1 N–H and O–H groups in total. The second kappa shape index (κ2) is 3.80. The maximum Gasteiger partial charge on any atom is 0.0925 e. The second-order valence-electron chi connectivity index (χ2n) is 3.51. The zero-order valence-electron chi connectivity index (χ0n) is 8.62. The average Bonchev–Trinajstić information content (AvgIpc) is 2.55. The fourth-order valence-electron chi connectivity index (χ4n) is 1.70. The summed E-state index contributed by atoms with van der Waals surface area (Å²) in [5.41, 5.74) is 2.45. The van der Waals surface area contributed by atoms with Crippen LogP contribution in [0.2, 0.25) is 0 Å². The molecule has 0 saturated carbocycles. The zero-order valence-corrected chi connectivity index (χ0v) is 8.62. The van der Waals surface area contributed by atoms with Crippen molar-refractivity contribution in [2.75, 3.05) is 13.6 Å². The van der Waals surface area contributed by atoms with Gasteiger partial charge >= 0.3 is 0 Å². The van der Waals surface area contributed by atoms with Crippen molar-refractivity contribution in [1.29, 1.82) is 0 Å². The molecule has 0 atom stereocenters. The maximum atomic E-state index is 4.38. The average molecular weight is 189 g/mol. The highest BCUT2D eigenvalue weighted by Gasteiger charge is 2.02. The summed E-state index contributed by atoms with van der Waals surface area (Å²) in [6.07, 6.45) is 3.14. The van der Waals surface area contributed by atoms with Gasteiger partial charge in [-0.05, 0) is 31.6 Å². The fraction of sp³-hybridized carbons (Fsp3) is 0.364. The summed E-state index contributed by atoms with van der Waals surface area (Å²) in [6.45, 7) is 1.01. The van der Waals surface area contributed by atoms with Crippen LogP contribution in [0.25, 0.3) is 10.9 Å². The molecule has 0 saturated heterocycles. The summed E-state index contributed by atoms with van der Waals surface area (Å²) >= 11 is 0. The molecule has 0 bridgehead atoms. The molecule has 0 fully saturated rings. The lowest BCUT2D eigenvalue weighted by Crippen LogP contribution is -2.10. The molecule has 0 aliphatic rings. The zero-order chi connectivity index (χ0) is 9.97. The third kappa shape index (κ3) is 1.63. The molecule has 74 valence electrons. The number of hydrogen-bond donors (Lipinski definition) is 1. The third-order valence-electron chi connectivity index (χ3n) is 2.40. The van der Waals surface area contributed by atoms with Crippen LogP contribution in [0.5, 0.6) is 0 Å². The predicted octanol–water partition coefficient (Wildman–Crippen LogP) is 1.34. The van der Waals surface area contributed by atoms with Crippen molar-refractivity contribution in [3.05, 3.63) is 30.0 Å². The van der Waals surface area contributed by atoms with Crippen molar-refractivity contribution in [3.63, 3.8) is 0 Å². The van der Waals surface area contributed by atoms with E-state index in [9.17, 15) is 0 Å². The summed E-state index contributed by atoms with van der Waals surface area (Å²) in [5, 5.41) is 8.81. The molecule has 0 amide bonds. The highest BCUT2D eigenvalue weighted by molar-refractivity contribution is 5.81. The minimum Gasteiger partial charge on any atom is -0.319 e. The smallest absolute Gasteiger partial charge is 0.0925 e. The van der Waals surface area contributed by atoms with Gasteiger partial charge in [-0.2, -0.15) is 5.10 Å². The molecule has 1 aromatic carbocycles. The largest absolute Gasteiger partial charge is 0.319 e. The van der Waals surface area contributed by atoms with Crippen molar-refractivity contribution in [2.45, 2.75) is 6.42 Å². The Balaban J connectivity index is 2.42. The molecule has 1 aromatic heterocycles. The molecule has 14 heavy (non-hydrogen) atoms. The van der Waals surface area contributed by atoms with Crippen molar-refractivity contribution in [2.24, 2.45) is 7.05 Å². The Labute approximate surface area is 83.7 Å². The second-order valence-corrected chi connectivity index (χ2v) is 3.51. The Bertz CT molecular complexity index is 431. The first-order valence-corrected chi connectivity index (χ1v) is 4.87. The fourth-order valence-corrected chi connectivity index (χ4v) is 1.70. The number of nitrogens with zero attached hydrogens (tertiary/aromatic N) is 2. The van der Waals surface area contributed by atoms with Gasteiger partial charge in [0.05, 0.1) is 5.52 Å². The van der Waals surface area contributed by atoms with Crippen LogP contribution in [-0.2, 0) is 13.5 Å². The Morgan fingerprint density at radius 2 is 2.29 bits per heavy atom. The van der Waals surface area contributed by atoms with E-state index in [1.807, 2.05) is 18.8 Å². The Morgan fingerprint density at radius 1 is 1.43 bits per heavy atom. The summed E-state index contributed by atoms with van der Waals surface area (Å²) in [7, 11) is 3.94. The summed E-state index contributed by atoms with van der Waals surface area (Å²) in [4.78, 5) is 0. The lowest BCUT2D eigenvalue weighted by molar-refractivity contribution is 0.779. The molecule has 2 aromatic rings. The van der Waals surface area contributed by atoms with Crippen LogP contribution in [0.3, 0.4) is 0 Å². The van der Waals surface area contributed by atoms with Gasteiger partial charge < -0.3 is 5.32 Å². The molecular formula is C11H15N3. The number of benzene rings is 1. The molecule has 2 rings (SSSR count). The topological polar surface area (TPSA) is 29.9 Å². The monoisotopic (exact) mass is 189 g/mol. The van der Waals surface area contributed by atoms with E-state index in [-0.39, 0.29) is 0 Å². The molecule has 0 aliphatic carbocycles. The van der Waals surface area contributed by atoms with E-state index < -0.39 is 0 Å². The van der Waals surface area contributed by atoms with E-state index in [1.54, 1.807) is 0 Å². The van der Waals surface area contributed by atoms with Crippen molar-refractivity contribution >= 4 is 10.9 Å². The first kappa shape index (κ1) is 9.21. The number of hydrogen-bond acceptors (Lipinski definition) is 2. The molecular weight excluding hydrogens is 174 g/mol. The van der Waals surface area contributed by atoms with Crippen molar-refractivity contribution in [3.8, 4) is 0 Å². The molecule has 3 nitrogen and oxygen atoms in total. The van der Waals surface area contributed by atoms with Crippen molar-refractivity contribution in [1.82, 2.24) is 15.1 Å². The number of nitrogens with one attached hydrogen (secondary N) is 1. The van der Waals surface area contributed by atoms with Gasteiger partial charge in [-0.25, -0.2) is 0 Å². The van der Waals surface area contributed by atoms with E-state index in [0.29, 0.717) is 0 Å². The minimum absolute atomic E-state index is 1.01. The predicted molar refractivity (Wildman–Crippen MR) is 58.3 cm³/mol. The van der Waals surface area contributed by atoms with E-state index in [1.165, 1.54) is 10.9 Å². The number of likely N-dealkylation sites (N-methyl/N-ethyl adjacent to an activating group) is 1. The highest BCUT2D eigenvalue weighted by atomic mass is 15.2. The molecule has 0 aliphatic heterocycles. The highest BCUT2D eigenvalue weighted by Crippen LogP contribution is 2.17. The number of aryl methyl sites for hydroxylation is 1. The lowest BCUT2D eigenvalue weighted by Gasteiger charge is -2.01. The lowest BCUT2D eigenvalue weighted by atomic mass is 10.1. The van der Waals surface area contributed by atoms with E-state index in [2.05, 4.69) is 34.8 Å². The van der Waals surface area contributed by atoms with Gasteiger partial charge in [-0.1, -0.05) is 12.1 Å². The number of aromatic nitrogens is 2. The quantitative estimate of drug-likeness (QED) is 0.789. The maximum absolute atomic E-state index is 4.38. The molecule has 1 heterocycles. The van der Waals surface area contributed by atoms with Gasteiger partial charge in [0.2, 0.25) is 0 Å². The molecule has 3 heteroatoms. The van der Waals surface area contributed by atoms with Crippen LogP contribution in [0.15, 0.2) is 24.4 Å². The molecule has 0 unspecified atom stereocenters. The van der Waals surface area contributed by atoms with Gasteiger partial charge in [0.1, 0.15) is 0 Å². The van der Waals surface area contributed by atoms with Crippen LogP contribution < -0.4 is 5.32 Å². The van der Waals surface area contributed by atoms with Gasteiger partial charge in [0.15, 0.2) is 0 Å². The van der Waals surface area contributed by atoms with Gasteiger partial charge in [-0.3, -0.25) is 4.68 Å². The van der Waals surface area contributed by atoms with Crippen LogP contribution in [-0.4, -0.2) is 23.4 Å². The summed E-state index contributed by atoms with van der Waals surface area (Å²) in [5.74, 6) is 0. The Kier molecular flexibility index (Phi) is 2.50. The normalized spacial score (nSPS) is 11.0. The first-order valence-electron chi connectivity index (χ1n) is 4.87. The van der Waals surface area contributed by atoms with Crippen molar-refractivity contribution < 1.29 is 0 Å². The van der Waals surface area contributed by atoms with Crippen LogP contribution in [0.4, 0.5) is 0 Å². The number of rotatable bonds is 3. The Hall–Kier alpha value is -1.35. The number of fused-ring (bicyclic) bond motifs is 1. The summed E-state index contributed by atoms with van der Waals surface area (Å²) in [6, 6.07) is 6.29. The SMILES string of the molecule is CNCCc1cccc2nn(C)cc12. The third-order valence-corrected chi connectivity index (χ3v) is 2.40. The van der Waals surface area contributed by atoms with Gasteiger partial charge in [0, 0.05) is 18.6 Å². The van der Waals surface area contributed by atoms with Gasteiger partial charge in [-0.15, -0.1) is 0 Å². The molecule has 0 radical (unpaired) electrons. The van der Waals surface area contributed by atoms with Crippen LogP contribution in [0.1, 0.15) is 5.56 Å². The van der Waals surface area contributed by atoms with E-state index in [0.717, 1.165) is 18.5 Å².